The van der Waals surface area contributed by atoms with Crippen LogP contribution in [0.1, 0.15) is 46.7 Å². The number of hydrogen-bond acceptors (Lipinski definition) is 4. The Morgan fingerprint density at radius 3 is 2.53 bits per heavy atom. The molecule has 2 heterocycles. The van der Waals surface area contributed by atoms with Crippen molar-refractivity contribution in [3.8, 4) is 0 Å². The molecule has 0 aliphatic carbocycles. The second-order valence-electron chi connectivity index (χ2n) is 7.25. The van der Waals surface area contributed by atoms with Gasteiger partial charge < -0.3 is 25.6 Å². The van der Waals surface area contributed by atoms with Crippen molar-refractivity contribution in [2.75, 3.05) is 31.5 Å². The van der Waals surface area contributed by atoms with E-state index in [9.17, 15) is 14.0 Å². The minimum absolute atomic E-state index is 0.143. The number of benzene rings is 1. The first-order chi connectivity index (χ1) is 15.3. The first-order valence-electron chi connectivity index (χ1n) is 10.4. The van der Waals surface area contributed by atoms with Crippen LogP contribution in [-0.4, -0.2) is 59.5 Å². The third kappa shape index (κ3) is 5.61. The highest BCUT2D eigenvalue weighted by molar-refractivity contribution is 6.34. The van der Waals surface area contributed by atoms with Gasteiger partial charge in [-0.1, -0.05) is 13.8 Å². The molecule has 172 valence electrons. The number of anilines is 1. The van der Waals surface area contributed by atoms with Gasteiger partial charge in [0.15, 0.2) is 0 Å². The zero-order valence-electron chi connectivity index (χ0n) is 18.7. The Morgan fingerprint density at radius 2 is 1.91 bits per heavy atom. The van der Waals surface area contributed by atoms with Crippen LogP contribution < -0.4 is 10.6 Å². The smallest absolute Gasteiger partial charge is 0.290 e. The number of carboxylic acid groups (broad SMARTS) is 1. The van der Waals surface area contributed by atoms with Gasteiger partial charge in [0.1, 0.15) is 5.82 Å². The lowest BCUT2D eigenvalue weighted by Crippen LogP contribution is -2.35. The number of halogens is 1. The Kier molecular flexibility index (Phi) is 8.71. The maximum Gasteiger partial charge on any atom is 0.290 e. The quantitative estimate of drug-likeness (QED) is 0.387. The molecule has 3 rings (SSSR count). The summed E-state index contributed by atoms with van der Waals surface area (Å²) in [5.41, 5.74) is 4.20. The van der Waals surface area contributed by atoms with Crippen molar-refractivity contribution in [2.24, 2.45) is 0 Å². The van der Waals surface area contributed by atoms with E-state index in [-0.39, 0.29) is 18.3 Å². The third-order valence-corrected chi connectivity index (χ3v) is 5.36. The van der Waals surface area contributed by atoms with E-state index in [1.54, 1.807) is 12.1 Å². The second kappa shape index (κ2) is 11.2. The SMILES string of the molecule is CCN(CC)CCNC(=O)c1c(C)[nH]c(/C=C2\C(=O)Nc3ccc(F)cc32)c1C.O=CO. The van der Waals surface area contributed by atoms with Crippen molar-refractivity contribution in [2.45, 2.75) is 27.7 Å². The molecular weight excluding hydrogens is 415 g/mol. The number of amides is 2. The van der Waals surface area contributed by atoms with Crippen LogP contribution in [0.5, 0.6) is 0 Å². The minimum Gasteiger partial charge on any atom is -0.483 e. The third-order valence-electron chi connectivity index (χ3n) is 5.36. The molecule has 0 saturated heterocycles. The summed E-state index contributed by atoms with van der Waals surface area (Å²) in [7, 11) is 0. The maximum atomic E-state index is 13.7. The summed E-state index contributed by atoms with van der Waals surface area (Å²) in [6.45, 7) is 10.8. The first-order valence-corrected chi connectivity index (χ1v) is 10.4. The molecule has 0 bridgehead atoms. The molecule has 1 aromatic heterocycles. The molecule has 0 fully saturated rings. The number of nitrogens with one attached hydrogen (secondary N) is 3. The number of rotatable bonds is 7. The topological polar surface area (TPSA) is 115 Å². The maximum absolute atomic E-state index is 13.7. The zero-order chi connectivity index (χ0) is 23.8. The molecule has 4 N–H and O–H groups in total. The van der Waals surface area contributed by atoms with Crippen LogP contribution in [0.3, 0.4) is 0 Å². The summed E-state index contributed by atoms with van der Waals surface area (Å²) in [6, 6.07) is 4.20. The van der Waals surface area contributed by atoms with Gasteiger partial charge in [-0.3, -0.25) is 14.4 Å². The van der Waals surface area contributed by atoms with Gasteiger partial charge in [0, 0.05) is 35.7 Å². The van der Waals surface area contributed by atoms with Gasteiger partial charge in [-0.15, -0.1) is 0 Å². The lowest BCUT2D eigenvalue weighted by Gasteiger charge is -2.18. The van der Waals surface area contributed by atoms with E-state index in [0.29, 0.717) is 34.6 Å². The van der Waals surface area contributed by atoms with Gasteiger partial charge in [-0.05, 0) is 56.8 Å². The van der Waals surface area contributed by atoms with Crippen LogP contribution in [0, 0.1) is 19.7 Å². The molecule has 1 aliphatic heterocycles. The highest BCUT2D eigenvalue weighted by Crippen LogP contribution is 2.34. The predicted octanol–water partition coefficient (Wildman–Crippen LogP) is 3.04. The highest BCUT2D eigenvalue weighted by Gasteiger charge is 2.26. The van der Waals surface area contributed by atoms with Crippen molar-refractivity contribution < 1.29 is 23.9 Å². The largest absolute Gasteiger partial charge is 0.483 e. The number of aryl methyl sites for hydroxylation is 1. The van der Waals surface area contributed by atoms with Gasteiger partial charge in [-0.25, -0.2) is 4.39 Å². The number of likely N-dealkylation sites (N-methyl/N-ethyl adjacent to an activating group) is 1. The molecule has 0 unspecified atom stereocenters. The van der Waals surface area contributed by atoms with Crippen LogP contribution in [-0.2, 0) is 9.59 Å². The normalized spacial score (nSPS) is 13.4. The fraction of sp³-hybridized carbons (Fsp3) is 0.348. The Labute approximate surface area is 186 Å². The number of nitrogens with zero attached hydrogens (tertiary/aromatic N) is 1. The summed E-state index contributed by atoms with van der Waals surface area (Å²) < 4.78 is 13.7. The zero-order valence-corrected chi connectivity index (χ0v) is 18.7. The average molecular weight is 445 g/mol. The number of carbonyl (C=O) groups is 3. The molecule has 9 heteroatoms. The first kappa shape index (κ1) is 24.8. The van der Waals surface area contributed by atoms with Crippen LogP contribution in [0.2, 0.25) is 0 Å². The van der Waals surface area contributed by atoms with Crippen LogP contribution >= 0.6 is 0 Å². The van der Waals surface area contributed by atoms with Gasteiger partial charge in [0.2, 0.25) is 0 Å². The highest BCUT2D eigenvalue weighted by atomic mass is 19.1. The Morgan fingerprint density at radius 1 is 1.25 bits per heavy atom. The number of aromatic nitrogens is 1. The molecular formula is C23H29FN4O4. The summed E-state index contributed by atoms with van der Waals surface area (Å²) in [4.78, 5) is 38.8. The molecule has 32 heavy (non-hydrogen) atoms. The van der Waals surface area contributed by atoms with E-state index in [1.807, 2.05) is 13.8 Å². The molecule has 1 aliphatic rings. The second-order valence-corrected chi connectivity index (χ2v) is 7.25. The van der Waals surface area contributed by atoms with E-state index < -0.39 is 5.82 Å². The van der Waals surface area contributed by atoms with Crippen molar-refractivity contribution in [3.05, 3.63) is 52.1 Å². The van der Waals surface area contributed by atoms with Crippen LogP contribution in [0.25, 0.3) is 11.6 Å². The van der Waals surface area contributed by atoms with Crippen molar-refractivity contribution in [1.82, 2.24) is 15.2 Å². The van der Waals surface area contributed by atoms with Gasteiger partial charge in [0.05, 0.1) is 11.1 Å². The Balaban J connectivity index is 0.00000114. The van der Waals surface area contributed by atoms with E-state index in [0.717, 1.165) is 30.9 Å². The Hall–Kier alpha value is -3.46. The lowest BCUT2D eigenvalue weighted by molar-refractivity contribution is -0.122. The van der Waals surface area contributed by atoms with Gasteiger partial charge in [0.25, 0.3) is 18.3 Å². The van der Waals surface area contributed by atoms with E-state index in [1.165, 1.54) is 12.1 Å². The molecule has 0 radical (unpaired) electrons. The number of carbonyl (C=O) groups excluding carboxylic acids is 2. The molecule has 0 atom stereocenters. The van der Waals surface area contributed by atoms with Crippen molar-refractivity contribution in [1.29, 1.82) is 0 Å². The van der Waals surface area contributed by atoms with Crippen molar-refractivity contribution in [3.63, 3.8) is 0 Å². The van der Waals surface area contributed by atoms with Crippen LogP contribution in [0.4, 0.5) is 10.1 Å². The molecule has 1 aromatic carbocycles. The van der Waals surface area contributed by atoms with E-state index in [4.69, 9.17) is 9.90 Å². The van der Waals surface area contributed by atoms with Gasteiger partial charge in [-0.2, -0.15) is 0 Å². The summed E-state index contributed by atoms with van der Waals surface area (Å²) in [5.74, 6) is -0.836. The average Bonchev–Trinajstić information content (AvgIpc) is 3.21. The fourth-order valence-electron chi connectivity index (χ4n) is 3.66. The van der Waals surface area contributed by atoms with Crippen LogP contribution in [0.15, 0.2) is 18.2 Å². The molecule has 0 spiro atoms. The standard InChI is InChI=1S/C22H27FN4O2.CH2O2/c1-5-27(6-2)10-9-24-22(29)20-13(3)19(25-14(20)4)12-17-16-11-15(23)7-8-18(16)26-21(17)28;2-1-3/h7-8,11-12,25H,5-6,9-10H2,1-4H3,(H,24,29)(H,26,28);1H,(H,2,3)/b17-12-;. The monoisotopic (exact) mass is 444 g/mol. The molecule has 2 aromatic rings. The summed E-state index contributed by atoms with van der Waals surface area (Å²) in [6.07, 6.45) is 1.68. The molecule has 0 saturated carbocycles. The summed E-state index contributed by atoms with van der Waals surface area (Å²) >= 11 is 0. The van der Waals surface area contributed by atoms with Gasteiger partial charge >= 0.3 is 0 Å². The Bertz CT molecular complexity index is 1030. The van der Waals surface area contributed by atoms with Crippen molar-refractivity contribution >= 4 is 35.6 Å². The summed E-state index contributed by atoms with van der Waals surface area (Å²) in [5, 5.41) is 12.6. The predicted molar refractivity (Wildman–Crippen MR) is 122 cm³/mol. The number of aromatic amines is 1. The van der Waals surface area contributed by atoms with E-state index >= 15 is 0 Å². The molecule has 8 nitrogen and oxygen atoms in total. The number of H-pyrrole nitrogens is 1. The minimum atomic E-state index is -0.404. The van der Waals surface area contributed by atoms with E-state index in [2.05, 4.69) is 34.4 Å². The lowest BCUT2D eigenvalue weighted by atomic mass is 10.0. The number of hydrogen-bond donors (Lipinski definition) is 4. The molecule has 2 amide bonds. The number of fused-ring (bicyclic) bond motifs is 1. The fourth-order valence-corrected chi connectivity index (χ4v) is 3.66.